The average Bonchev–Trinajstić information content (AvgIpc) is 2.08. The maximum absolute atomic E-state index is 9.09. The summed E-state index contributed by atoms with van der Waals surface area (Å²) in [6.07, 6.45) is 0. The van der Waals surface area contributed by atoms with Crippen molar-refractivity contribution in [2.75, 3.05) is 5.73 Å². The molecule has 0 amide bonds. The van der Waals surface area contributed by atoms with Gasteiger partial charge in [-0.3, -0.25) is 0 Å². The maximum Gasteiger partial charge on any atom is 0.138 e. The van der Waals surface area contributed by atoms with Crippen molar-refractivity contribution >= 4 is 5.69 Å². The number of aromatic hydroxyl groups is 1. The number of benzene rings is 1. The van der Waals surface area contributed by atoms with E-state index >= 15 is 0 Å². The number of hydrogen-bond donors (Lipinski definition) is 2. The summed E-state index contributed by atoms with van der Waals surface area (Å²) in [4.78, 5) is 0. The molecule has 3 nitrogen and oxygen atoms in total. The Morgan fingerprint density at radius 2 is 2.25 bits per heavy atom. The molecule has 0 heterocycles. The fourth-order valence-corrected chi connectivity index (χ4v) is 0.917. The first kappa shape index (κ1) is 8.41. The van der Waals surface area contributed by atoms with Crippen molar-refractivity contribution in [2.45, 2.75) is 12.8 Å². The minimum atomic E-state index is -0.187. The lowest BCUT2D eigenvalue weighted by atomic mass is 10.0. The van der Waals surface area contributed by atoms with Gasteiger partial charge in [0.15, 0.2) is 0 Å². The molecule has 0 aliphatic heterocycles. The van der Waals surface area contributed by atoms with Crippen molar-refractivity contribution < 1.29 is 5.11 Å². The Kier molecular flexibility index (Phi) is 2.20. The first-order chi connectivity index (χ1) is 5.65. The molecule has 0 aromatic heterocycles. The average molecular weight is 162 g/mol. The molecule has 1 aromatic rings. The number of nitrogens with zero attached hydrogens (tertiary/aromatic N) is 1. The lowest BCUT2D eigenvalue weighted by Crippen LogP contribution is -1.92. The quantitative estimate of drug-likeness (QED) is 0.486. The van der Waals surface area contributed by atoms with E-state index in [1.54, 1.807) is 19.1 Å². The normalized spacial score (nSPS) is 12.0. The third-order valence-electron chi connectivity index (χ3n) is 1.75. The Hall–Kier alpha value is -1.69. The second-order valence-corrected chi connectivity index (χ2v) is 2.67. The minimum absolute atomic E-state index is 0.0592. The monoisotopic (exact) mass is 162 g/mol. The fourth-order valence-electron chi connectivity index (χ4n) is 0.917. The van der Waals surface area contributed by atoms with Crippen molar-refractivity contribution in [3.63, 3.8) is 0 Å². The predicted molar refractivity (Wildman–Crippen MR) is 46.5 cm³/mol. The van der Waals surface area contributed by atoms with Gasteiger partial charge in [-0.15, -0.1) is 0 Å². The highest BCUT2D eigenvalue weighted by Gasteiger charge is 2.05. The lowest BCUT2D eigenvalue weighted by Gasteiger charge is -2.04. The van der Waals surface area contributed by atoms with Gasteiger partial charge in [0.2, 0.25) is 0 Å². The van der Waals surface area contributed by atoms with Gasteiger partial charge < -0.3 is 10.8 Å². The van der Waals surface area contributed by atoms with Crippen molar-refractivity contribution in [1.82, 2.24) is 0 Å². The van der Waals surface area contributed by atoms with E-state index in [2.05, 4.69) is 6.07 Å². The standard InChI is InChI=1S/C9H10N2O/c1-6(5-10)7-2-3-9(12)8(11)4-7/h2-4,6,12H,11H2,1H3/t6-/m1/s1. The van der Waals surface area contributed by atoms with Gasteiger partial charge in [0, 0.05) is 0 Å². The minimum Gasteiger partial charge on any atom is -0.506 e. The van der Waals surface area contributed by atoms with Gasteiger partial charge in [-0.05, 0) is 24.6 Å². The fraction of sp³-hybridized carbons (Fsp3) is 0.222. The van der Waals surface area contributed by atoms with E-state index in [0.717, 1.165) is 5.56 Å². The molecule has 62 valence electrons. The van der Waals surface area contributed by atoms with Gasteiger partial charge in [-0.2, -0.15) is 5.26 Å². The summed E-state index contributed by atoms with van der Waals surface area (Å²) in [5, 5.41) is 17.7. The van der Waals surface area contributed by atoms with Crippen LogP contribution in [0.5, 0.6) is 5.75 Å². The van der Waals surface area contributed by atoms with Gasteiger partial charge in [0.05, 0.1) is 17.7 Å². The highest BCUT2D eigenvalue weighted by atomic mass is 16.3. The molecule has 0 fully saturated rings. The van der Waals surface area contributed by atoms with Crippen molar-refractivity contribution in [3.05, 3.63) is 23.8 Å². The Labute approximate surface area is 71.1 Å². The number of nitrogens with two attached hydrogens (primary N) is 1. The molecule has 1 aromatic carbocycles. The molecular formula is C9H10N2O. The molecule has 0 bridgehead atoms. The first-order valence-corrected chi connectivity index (χ1v) is 3.63. The maximum atomic E-state index is 9.09. The number of anilines is 1. The van der Waals surface area contributed by atoms with Crippen LogP contribution in [0.3, 0.4) is 0 Å². The van der Waals surface area contributed by atoms with E-state index in [9.17, 15) is 0 Å². The van der Waals surface area contributed by atoms with E-state index in [0.29, 0.717) is 5.69 Å². The predicted octanol–water partition coefficient (Wildman–Crippen LogP) is 1.60. The third-order valence-corrected chi connectivity index (χ3v) is 1.75. The zero-order chi connectivity index (χ0) is 9.14. The highest BCUT2D eigenvalue weighted by molar-refractivity contribution is 5.54. The van der Waals surface area contributed by atoms with Crippen LogP contribution in [0.15, 0.2) is 18.2 Å². The SMILES string of the molecule is C[C@H](C#N)c1ccc(O)c(N)c1. The van der Waals surface area contributed by atoms with Crippen molar-refractivity contribution in [3.8, 4) is 11.8 Å². The Morgan fingerprint density at radius 3 is 2.75 bits per heavy atom. The van der Waals surface area contributed by atoms with Crippen LogP contribution in [0.4, 0.5) is 5.69 Å². The van der Waals surface area contributed by atoms with Crippen LogP contribution in [0.1, 0.15) is 18.4 Å². The second kappa shape index (κ2) is 3.14. The van der Waals surface area contributed by atoms with Crippen LogP contribution in [-0.4, -0.2) is 5.11 Å². The molecular weight excluding hydrogens is 152 g/mol. The zero-order valence-electron chi connectivity index (χ0n) is 6.78. The molecule has 0 aliphatic rings. The summed E-state index contributed by atoms with van der Waals surface area (Å²) in [6, 6.07) is 6.90. The van der Waals surface area contributed by atoms with Gasteiger partial charge >= 0.3 is 0 Å². The van der Waals surface area contributed by atoms with Crippen LogP contribution < -0.4 is 5.73 Å². The molecule has 3 heteroatoms. The summed E-state index contributed by atoms with van der Waals surface area (Å²) >= 11 is 0. The number of phenolic OH excluding ortho intramolecular Hbond substituents is 1. The second-order valence-electron chi connectivity index (χ2n) is 2.67. The van der Waals surface area contributed by atoms with Gasteiger partial charge in [0.25, 0.3) is 0 Å². The molecule has 0 saturated carbocycles. The van der Waals surface area contributed by atoms with E-state index in [1.165, 1.54) is 6.07 Å². The number of nitriles is 1. The lowest BCUT2D eigenvalue weighted by molar-refractivity contribution is 0.477. The number of phenols is 1. The topological polar surface area (TPSA) is 70.0 Å². The molecule has 0 unspecified atom stereocenters. The van der Waals surface area contributed by atoms with Gasteiger partial charge in [-0.25, -0.2) is 0 Å². The Morgan fingerprint density at radius 1 is 1.58 bits per heavy atom. The Bertz CT molecular complexity index is 328. The number of nitrogen functional groups attached to an aromatic ring is 1. The molecule has 0 saturated heterocycles. The van der Waals surface area contributed by atoms with Gasteiger partial charge in [-0.1, -0.05) is 6.07 Å². The molecule has 0 aliphatic carbocycles. The summed E-state index contributed by atoms with van der Waals surface area (Å²) in [6.45, 7) is 1.78. The smallest absolute Gasteiger partial charge is 0.138 e. The molecule has 12 heavy (non-hydrogen) atoms. The van der Waals surface area contributed by atoms with Crippen molar-refractivity contribution in [1.29, 1.82) is 5.26 Å². The highest BCUT2D eigenvalue weighted by Crippen LogP contribution is 2.24. The number of hydrogen-bond acceptors (Lipinski definition) is 3. The summed E-state index contributed by atoms with van der Waals surface area (Å²) in [5.41, 5.74) is 6.59. The van der Waals surface area contributed by atoms with E-state index in [-0.39, 0.29) is 11.7 Å². The number of rotatable bonds is 1. The largest absolute Gasteiger partial charge is 0.506 e. The molecule has 0 spiro atoms. The van der Waals surface area contributed by atoms with E-state index < -0.39 is 0 Å². The summed E-state index contributed by atoms with van der Waals surface area (Å²) in [7, 11) is 0. The molecule has 0 radical (unpaired) electrons. The van der Waals surface area contributed by atoms with E-state index in [4.69, 9.17) is 16.1 Å². The Balaban J connectivity index is 3.06. The molecule has 3 N–H and O–H groups in total. The van der Waals surface area contributed by atoms with Crippen LogP contribution in [-0.2, 0) is 0 Å². The first-order valence-electron chi connectivity index (χ1n) is 3.63. The molecule has 1 atom stereocenters. The van der Waals surface area contributed by atoms with Crippen LogP contribution in [0, 0.1) is 11.3 Å². The zero-order valence-corrected chi connectivity index (χ0v) is 6.78. The van der Waals surface area contributed by atoms with Crippen LogP contribution >= 0.6 is 0 Å². The third kappa shape index (κ3) is 1.48. The van der Waals surface area contributed by atoms with Crippen molar-refractivity contribution in [2.24, 2.45) is 0 Å². The molecule has 1 rings (SSSR count). The van der Waals surface area contributed by atoms with E-state index in [1.807, 2.05) is 0 Å². The van der Waals surface area contributed by atoms with Crippen LogP contribution in [0.2, 0.25) is 0 Å². The summed E-state index contributed by atoms with van der Waals surface area (Å²) in [5.74, 6) is -0.128. The van der Waals surface area contributed by atoms with Gasteiger partial charge in [0.1, 0.15) is 5.75 Å². The summed E-state index contributed by atoms with van der Waals surface area (Å²) < 4.78 is 0. The van der Waals surface area contributed by atoms with Crippen LogP contribution in [0.25, 0.3) is 0 Å².